The van der Waals surface area contributed by atoms with Crippen molar-refractivity contribution in [3.8, 4) is 0 Å². The molecule has 0 heterocycles. The van der Waals surface area contributed by atoms with Crippen LogP contribution in [0.5, 0.6) is 0 Å². The fourth-order valence-corrected chi connectivity index (χ4v) is 1.07. The summed E-state index contributed by atoms with van der Waals surface area (Å²) in [5, 5.41) is 0. The third kappa shape index (κ3) is 6.36. The summed E-state index contributed by atoms with van der Waals surface area (Å²) in [7, 11) is 2.19. The first-order valence-electron chi connectivity index (χ1n) is 4.89. The van der Waals surface area contributed by atoms with Gasteiger partial charge in [0.15, 0.2) is 0 Å². The van der Waals surface area contributed by atoms with Crippen molar-refractivity contribution in [2.75, 3.05) is 20.1 Å². The number of hydrogen-bond donors (Lipinski definition) is 0. The highest BCUT2D eigenvalue weighted by molar-refractivity contribution is 4.53. The fourth-order valence-electron chi connectivity index (χ4n) is 1.07. The van der Waals surface area contributed by atoms with E-state index in [2.05, 4.69) is 32.7 Å². The lowest BCUT2D eigenvalue weighted by Crippen LogP contribution is -2.19. The normalized spacial score (nSPS) is 13.9. The summed E-state index contributed by atoms with van der Waals surface area (Å²) in [4.78, 5) is 2.38. The Labute approximate surface area is 71.8 Å². The lowest BCUT2D eigenvalue weighted by Gasteiger charge is -2.14. The third-order valence-corrected chi connectivity index (χ3v) is 2.47. The van der Waals surface area contributed by atoms with Crippen LogP contribution in [0, 0.1) is 5.92 Å². The molecule has 0 rings (SSSR count). The van der Waals surface area contributed by atoms with E-state index in [9.17, 15) is 0 Å². The average Bonchev–Trinajstić information content (AvgIpc) is 2.04. The molecule has 0 aliphatic heterocycles. The van der Waals surface area contributed by atoms with E-state index in [0.717, 1.165) is 5.92 Å². The van der Waals surface area contributed by atoms with E-state index < -0.39 is 0 Å². The topological polar surface area (TPSA) is 3.24 Å². The zero-order chi connectivity index (χ0) is 8.69. The molecule has 0 bridgehead atoms. The Kier molecular flexibility index (Phi) is 6.63. The first-order valence-corrected chi connectivity index (χ1v) is 4.89. The molecule has 0 aromatic rings. The van der Waals surface area contributed by atoms with Crippen molar-refractivity contribution in [1.29, 1.82) is 0 Å². The van der Waals surface area contributed by atoms with Gasteiger partial charge in [-0.05, 0) is 38.9 Å². The molecule has 1 atom stereocenters. The summed E-state index contributed by atoms with van der Waals surface area (Å²) in [6.07, 6.45) is 4.08. The first kappa shape index (κ1) is 11.0. The van der Waals surface area contributed by atoms with Gasteiger partial charge in [-0.25, -0.2) is 0 Å². The Balaban J connectivity index is 3.13. The molecule has 0 aliphatic rings. The van der Waals surface area contributed by atoms with Gasteiger partial charge >= 0.3 is 0 Å². The maximum Gasteiger partial charge on any atom is -0.00218 e. The van der Waals surface area contributed by atoms with Gasteiger partial charge in [0.25, 0.3) is 0 Å². The molecule has 1 unspecified atom stereocenters. The van der Waals surface area contributed by atoms with Crippen LogP contribution in [-0.4, -0.2) is 25.0 Å². The molecule has 0 radical (unpaired) electrons. The molecular formula is C10H23N. The van der Waals surface area contributed by atoms with E-state index >= 15 is 0 Å². The number of rotatable bonds is 6. The predicted octanol–water partition coefficient (Wildman–Crippen LogP) is 2.76. The van der Waals surface area contributed by atoms with E-state index in [1.165, 1.54) is 32.4 Å². The summed E-state index contributed by atoms with van der Waals surface area (Å²) < 4.78 is 0. The molecule has 0 aromatic heterocycles. The minimum Gasteiger partial charge on any atom is -0.307 e. The molecule has 0 N–H and O–H groups in total. The van der Waals surface area contributed by atoms with Crippen LogP contribution in [0.4, 0.5) is 0 Å². The lowest BCUT2D eigenvalue weighted by atomic mass is 10.0. The van der Waals surface area contributed by atoms with Crippen LogP contribution >= 0.6 is 0 Å². The summed E-state index contributed by atoms with van der Waals surface area (Å²) >= 11 is 0. The maximum atomic E-state index is 2.38. The van der Waals surface area contributed by atoms with E-state index in [1.807, 2.05) is 0 Å². The van der Waals surface area contributed by atoms with Gasteiger partial charge < -0.3 is 4.90 Å². The highest BCUT2D eigenvalue weighted by Crippen LogP contribution is 2.08. The van der Waals surface area contributed by atoms with E-state index in [0.29, 0.717) is 0 Å². The van der Waals surface area contributed by atoms with Gasteiger partial charge in [0.1, 0.15) is 0 Å². The molecule has 0 saturated heterocycles. The van der Waals surface area contributed by atoms with Crippen LogP contribution in [0.15, 0.2) is 0 Å². The lowest BCUT2D eigenvalue weighted by molar-refractivity contribution is 0.328. The van der Waals surface area contributed by atoms with Crippen LogP contribution < -0.4 is 0 Å². The molecule has 0 fully saturated rings. The van der Waals surface area contributed by atoms with Crippen molar-refractivity contribution in [1.82, 2.24) is 4.90 Å². The van der Waals surface area contributed by atoms with Gasteiger partial charge in [-0.1, -0.05) is 27.2 Å². The standard InChI is InChI=1S/C10H23N/c1-5-10(3)8-7-9-11(4)6-2/h10H,5-9H2,1-4H3. The average molecular weight is 157 g/mol. The Morgan fingerprint density at radius 1 is 1.27 bits per heavy atom. The van der Waals surface area contributed by atoms with Gasteiger partial charge in [-0.15, -0.1) is 0 Å². The summed E-state index contributed by atoms with van der Waals surface area (Å²) in [5.41, 5.74) is 0. The summed E-state index contributed by atoms with van der Waals surface area (Å²) in [6, 6.07) is 0. The Hall–Kier alpha value is -0.0400. The second-order valence-electron chi connectivity index (χ2n) is 3.55. The van der Waals surface area contributed by atoms with E-state index in [1.54, 1.807) is 0 Å². The second-order valence-corrected chi connectivity index (χ2v) is 3.55. The SMILES string of the molecule is CCC(C)CCCN(C)CC. The van der Waals surface area contributed by atoms with Crippen molar-refractivity contribution in [3.63, 3.8) is 0 Å². The maximum absolute atomic E-state index is 2.38. The Bertz CT molecular complexity index is 70.9. The highest BCUT2D eigenvalue weighted by atomic mass is 15.1. The van der Waals surface area contributed by atoms with Crippen molar-refractivity contribution >= 4 is 0 Å². The summed E-state index contributed by atoms with van der Waals surface area (Å²) in [5.74, 6) is 0.917. The third-order valence-electron chi connectivity index (χ3n) is 2.47. The zero-order valence-corrected chi connectivity index (χ0v) is 8.56. The molecule has 1 heteroatoms. The van der Waals surface area contributed by atoms with Crippen molar-refractivity contribution in [3.05, 3.63) is 0 Å². The van der Waals surface area contributed by atoms with Crippen LogP contribution in [0.2, 0.25) is 0 Å². The molecule has 1 nitrogen and oxygen atoms in total. The Morgan fingerprint density at radius 2 is 1.91 bits per heavy atom. The van der Waals surface area contributed by atoms with Gasteiger partial charge in [-0.3, -0.25) is 0 Å². The molecular weight excluding hydrogens is 134 g/mol. The molecule has 0 amide bonds. The summed E-state index contributed by atoms with van der Waals surface area (Å²) in [6.45, 7) is 9.27. The van der Waals surface area contributed by atoms with Crippen molar-refractivity contribution in [2.45, 2.75) is 40.0 Å². The van der Waals surface area contributed by atoms with E-state index in [-0.39, 0.29) is 0 Å². The highest BCUT2D eigenvalue weighted by Gasteiger charge is 1.99. The van der Waals surface area contributed by atoms with Gasteiger partial charge in [0.05, 0.1) is 0 Å². The van der Waals surface area contributed by atoms with Gasteiger partial charge in [0.2, 0.25) is 0 Å². The van der Waals surface area contributed by atoms with Gasteiger partial charge in [-0.2, -0.15) is 0 Å². The molecule has 0 saturated carbocycles. The van der Waals surface area contributed by atoms with Crippen molar-refractivity contribution in [2.24, 2.45) is 5.92 Å². The van der Waals surface area contributed by atoms with Crippen molar-refractivity contribution < 1.29 is 0 Å². The first-order chi connectivity index (χ1) is 5.20. The fraction of sp³-hybridized carbons (Fsp3) is 1.00. The van der Waals surface area contributed by atoms with Crippen LogP contribution in [0.3, 0.4) is 0 Å². The monoisotopic (exact) mass is 157 g/mol. The minimum atomic E-state index is 0.917. The smallest absolute Gasteiger partial charge is 0.00218 e. The quantitative estimate of drug-likeness (QED) is 0.573. The largest absolute Gasteiger partial charge is 0.307 e. The van der Waals surface area contributed by atoms with Crippen LogP contribution in [0.25, 0.3) is 0 Å². The molecule has 0 aliphatic carbocycles. The van der Waals surface area contributed by atoms with Crippen LogP contribution in [-0.2, 0) is 0 Å². The zero-order valence-electron chi connectivity index (χ0n) is 8.56. The van der Waals surface area contributed by atoms with Gasteiger partial charge in [0, 0.05) is 0 Å². The number of nitrogens with zero attached hydrogens (tertiary/aromatic N) is 1. The molecule has 0 spiro atoms. The molecule has 68 valence electrons. The number of hydrogen-bond acceptors (Lipinski definition) is 1. The molecule has 11 heavy (non-hydrogen) atoms. The minimum absolute atomic E-state index is 0.917. The second kappa shape index (κ2) is 6.66. The molecule has 0 aromatic carbocycles. The predicted molar refractivity (Wildman–Crippen MR) is 51.9 cm³/mol. The van der Waals surface area contributed by atoms with Crippen LogP contribution in [0.1, 0.15) is 40.0 Å². The van der Waals surface area contributed by atoms with E-state index in [4.69, 9.17) is 0 Å². The Morgan fingerprint density at radius 3 is 2.36 bits per heavy atom.